The highest BCUT2D eigenvalue weighted by Gasteiger charge is 2.24. The number of nitrogens with one attached hydrogen (secondary N) is 1. The van der Waals surface area contributed by atoms with Gasteiger partial charge in [-0.2, -0.15) is 0 Å². The van der Waals surface area contributed by atoms with Crippen molar-refractivity contribution in [2.75, 3.05) is 13.1 Å². The van der Waals surface area contributed by atoms with Crippen LogP contribution in [0.25, 0.3) is 0 Å². The summed E-state index contributed by atoms with van der Waals surface area (Å²) in [4.78, 5) is 6.08. The standard InChI is InChI=1S/C18H21N.C14H19FN2/c1-4-19-18(16-8-6-5-7-9-16)17-12-10-15(11-13-17)14(2)3;1-11(9-13-3-6-16-7-4-13)12(2)17-8-5-14(15)10-17/h4-14,18-19H,1H2,2-3H3;3-4,6-7,11,14H,2,5,8-10H2,1H3. The molecule has 0 amide bonds. The molecule has 0 bridgehead atoms. The number of benzene rings is 2. The monoisotopic (exact) mass is 485 g/mol. The van der Waals surface area contributed by atoms with E-state index >= 15 is 0 Å². The third-order valence-electron chi connectivity index (χ3n) is 6.75. The van der Waals surface area contributed by atoms with Gasteiger partial charge < -0.3 is 10.2 Å². The number of aromatic nitrogens is 1. The van der Waals surface area contributed by atoms with Gasteiger partial charge in [-0.15, -0.1) is 0 Å². The minimum Gasteiger partial charge on any atom is -0.381 e. The number of nitrogens with zero attached hydrogens (tertiary/aromatic N) is 2. The average Bonchev–Trinajstić information content (AvgIpc) is 3.34. The Bertz CT molecular complexity index is 1060. The van der Waals surface area contributed by atoms with Crippen LogP contribution in [0.3, 0.4) is 0 Å². The molecular formula is C32H40FN3. The molecule has 1 aromatic heterocycles. The summed E-state index contributed by atoms with van der Waals surface area (Å²) in [6, 6.07) is 23.5. The summed E-state index contributed by atoms with van der Waals surface area (Å²) in [5.41, 5.74) is 6.19. The first-order valence-electron chi connectivity index (χ1n) is 12.9. The number of rotatable bonds is 9. The number of pyridine rings is 1. The van der Waals surface area contributed by atoms with Crippen molar-refractivity contribution in [3.63, 3.8) is 0 Å². The number of alkyl halides is 1. The molecule has 4 heteroatoms. The summed E-state index contributed by atoms with van der Waals surface area (Å²) >= 11 is 0. The SMILES string of the molecule is C=C(C(C)Cc1ccncc1)N1CCC(F)C1.C=CNC(c1ccccc1)c1ccc(C(C)C)cc1. The van der Waals surface area contributed by atoms with Crippen LogP contribution < -0.4 is 5.32 Å². The van der Waals surface area contributed by atoms with Crippen LogP contribution in [0.2, 0.25) is 0 Å². The molecule has 3 atom stereocenters. The Morgan fingerprint density at radius 1 is 1.00 bits per heavy atom. The maximum absolute atomic E-state index is 13.1. The molecule has 190 valence electrons. The first kappa shape index (κ1) is 27.2. The third-order valence-corrected chi connectivity index (χ3v) is 6.75. The molecule has 1 saturated heterocycles. The van der Waals surface area contributed by atoms with E-state index in [1.807, 2.05) is 18.2 Å². The topological polar surface area (TPSA) is 28.2 Å². The molecule has 1 N–H and O–H groups in total. The fourth-order valence-corrected chi connectivity index (χ4v) is 4.50. The molecule has 1 aliphatic rings. The van der Waals surface area contributed by atoms with E-state index in [2.05, 4.69) is 97.7 Å². The number of likely N-dealkylation sites (tertiary alicyclic amines) is 1. The second kappa shape index (κ2) is 13.6. The van der Waals surface area contributed by atoms with Crippen molar-refractivity contribution in [1.82, 2.24) is 15.2 Å². The molecule has 0 radical (unpaired) electrons. The van der Waals surface area contributed by atoms with Crippen molar-refractivity contribution in [3.05, 3.63) is 126 Å². The molecule has 0 aliphatic carbocycles. The molecule has 2 aromatic carbocycles. The highest BCUT2D eigenvalue weighted by Crippen LogP contribution is 2.25. The normalized spacial score (nSPS) is 16.6. The van der Waals surface area contributed by atoms with Crippen molar-refractivity contribution in [3.8, 4) is 0 Å². The van der Waals surface area contributed by atoms with Gasteiger partial charge in [-0.1, -0.05) is 88.5 Å². The van der Waals surface area contributed by atoms with Crippen LogP contribution in [-0.4, -0.2) is 29.1 Å². The summed E-state index contributed by atoms with van der Waals surface area (Å²) in [5.74, 6) is 0.916. The molecule has 36 heavy (non-hydrogen) atoms. The van der Waals surface area contributed by atoms with E-state index in [9.17, 15) is 4.39 Å². The molecule has 3 aromatic rings. The minimum atomic E-state index is -0.681. The fraction of sp³-hybridized carbons (Fsp3) is 0.344. The highest BCUT2D eigenvalue weighted by atomic mass is 19.1. The predicted molar refractivity (Wildman–Crippen MR) is 149 cm³/mol. The van der Waals surface area contributed by atoms with Gasteiger partial charge in [0.05, 0.1) is 6.04 Å². The van der Waals surface area contributed by atoms with Crippen molar-refractivity contribution in [2.45, 2.75) is 51.7 Å². The first-order valence-corrected chi connectivity index (χ1v) is 12.9. The summed E-state index contributed by atoms with van der Waals surface area (Å²) in [6.07, 6.45) is 6.26. The maximum atomic E-state index is 13.1. The molecule has 3 unspecified atom stereocenters. The minimum absolute atomic E-state index is 0.167. The van der Waals surface area contributed by atoms with E-state index < -0.39 is 6.17 Å². The Labute approximate surface area is 216 Å². The molecule has 4 rings (SSSR count). The Morgan fingerprint density at radius 2 is 1.61 bits per heavy atom. The van der Waals surface area contributed by atoms with Gasteiger partial charge in [0.15, 0.2) is 0 Å². The molecule has 0 saturated carbocycles. The lowest BCUT2D eigenvalue weighted by atomic mass is 9.95. The van der Waals surface area contributed by atoms with E-state index in [1.54, 1.807) is 18.6 Å². The smallest absolute Gasteiger partial charge is 0.119 e. The zero-order valence-electron chi connectivity index (χ0n) is 21.9. The maximum Gasteiger partial charge on any atom is 0.119 e. The zero-order chi connectivity index (χ0) is 25.9. The van der Waals surface area contributed by atoms with Gasteiger partial charge in [-0.25, -0.2) is 4.39 Å². The number of halogens is 1. The first-order chi connectivity index (χ1) is 17.4. The Hall–Kier alpha value is -3.40. The largest absolute Gasteiger partial charge is 0.381 e. The van der Waals surface area contributed by atoms with Gasteiger partial charge >= 0.3 is 0 Å². The fourth-order valence-electron chi connectivity index (χ4n) is 4.50. The lowest BCUT2D eigenvalue weighted by molar-refractivity contribution is 0.308. The van der Waals surface area contributed by atoms with Gasteiger partial charge in [0.1, 0.15) is 6.17 Å². The van der Waals surface area contributed by atoms with Gasteiger partial charge in [-0.05, 0) is 65.3 Å². The van der Waals surface area contributed by atoms with E-state index in [0.717, 1.165) is 18.7 Å². The summed E-state index contributed by atoms with van der Waals surface area (Å²) in [5, 5.41) is 3.33. The third kappa shape index (κ3) is 7.81. The van der Waals surface area contributed by atoms with Gasteiger partial charge in [-0.3, -0.25) is 4.98 Å². The Kier molecular flexibility index (Phi) is 10.3. The van der Waals surface area contributed by atoms with E-state index in [1.165, 1.54) is 22.3 Å². The van der Waals surface area contributed by atoms with Gasteiger partial charge in [0, 0.05) is 31.2 Å². The van der Waals surface area contributed by atoms with Crippen LogP contribution >= 0.6 is 0 Å². The lowest BCUT2D eigenvalue weighted by Gasteiger charge is -2.25. The van der Waals surface area contributed by atoms with Gasteiger partial charge in [0.2, 0.25) is 0 Å². The molecule has 3 nitrogen and oxygen atoms in total. The van der Waals surface area contributed by atoms with Crippen molar-refractivity contribution in [2.24, 2.45) is 5.92 Å². The molecule has 2 heterocycles. The van der Waals surface area contributed by atoms with Crippen LogP contribution in [0.1, 0.15) is 61.4 Å². The predicted octanol–water partition coefficient (Wildman–Crippen LogP) is 7.45. The van der Waals surface area contributed by atoms with Crippen molar-refractivity contribution in [1.29, 1.82) is 0 Å². The van der Waals surface area contributed by atoms with E-state index in [-0.39, 0.29) is 6.04 Å². The molecular weight excluding hydrogens is 445 g/mol. The van der Waals surface area contributed by atoms with Crippen molar-refractivity contribution < 1.29 is 4.39 Å². The second-order valence-corrected chi connectivity index (χ2v) is 9.82. The quantitative estimate of drug-likeness (QED) is 0.341. The van der Waals surface area contributed by atoms with E-state index in [0.29, 0.717) is 24.8 Å². The summed E-state index contributed by atoms with van der Waals surface area (Å²) in [7, 11) is 0. The van der Waals surface area contributed by atoms with Crippen LogP contribution in [0.15, 0.2) is 104 Å². The van der Waals surface area contributed by atoms with Crippen LogP contribution in [0, 0.1) is 5.92 Å². The van der Waals surface area contributed by atoms with Crippen LogP contribution in [-0.2, 0) is 6.42 Å². The Balaban J connectivity index is 0.000000202. The Morgan fingerprint density at radius 3 is 2.17 bits per heavy atom. The van der Waals surface area contributed by atoms with Crippen molar-refractivity contribution >= 4 is 0 Å². The zero-order valence-corrected chi connectivity index (χ0v) is 21.9. The van der Waals surface area contributed by atoms with Gasteiger partial charge in [0.25, 0.3) is 0 Å². The second-order valence-electron chi connectivity index (χ2n) is 9.82. The summed E-state index contributed by atoms with van der Waals surface area (Å²) < 4.78 is 13.1. The lowest BCUT2D eigenvalue weighted by Crippen LogP contribution is -2.24. The highest BCUT2D eigenvalue weighted by molar-refractivity contribution is 5.34. The van der Waals surface area contributed by atoms with Crippen LogP contribution in [0.4, 0.5) is 4.39 Å². The summed E-state index contributed by atoms with van der Waals surface area (Å²) in [6.45, 7) is 15.8. The van der Waals surface area contributed by atoms with Crippen LogP contribution in [0.5, 0.6) is 0 Å². The molecule has 1 aliphatic heterocycles. The number of hydrogen-bond donors (Lipinski definition) is 1. The number of hydrogen-bond acceptors (Lipinski definition) is 3. The molecule has 1 fully saturated rings. The average molecular weight is 486 g/mol. The van der Waals surface area contributed by atoms with E-state index in [4.69, 9.17) is 0 Å². The number of allylic oxidation sites excluding steroid dienone is 1. The molecule has 0 spiro atoms.